The van der Waals surface area contributed by atoms with Crippen molar-refractivity contribution < 1.29 is 23.9 Å². The summed E-state index contributed by atoms with van der Waals surface area (Å²) in [4.78, 5) is 35.6. The van der Waals surface area contributed by atoms with Crippen LogP contribution < -0.4 is 5.32 Å². The van der Waals surface area contributed by atoms with Crippen LogP contribution in [0.5, 0.6) is 0 Å². The average Bonchev–Trinajstić information content (AvgIpc) is 2.66. The molecule has 2 aromatic carbocycles. The lowest BCUT2D eigenvalue weighted by atomic mass is 10.1. The third-order valence-corrected chi connectivity index (χ3v) is 3.31. The van der Waals surface area contributed by atoms with Crippen LogP contribution in [-0.4, -0.2) is 30.6 Å². The number of esters is 2. The van der Waals surface area contributed by atoms with Gasteiger partial charge in [0.05, 0.1) is 28.9 Å². The molecule has 0 aliphatic rings. The molecule has 2 aromatic rings. The predicted octanol–water partition coefficient (Wildman–Crippen LogP) is 2.92. The molecule has 0 unspecified atom stereocenters. The normalized spacial score (nSPS) is 10.0. The molecule has 138 valence electrons. The Kier molecular flexibility index (Phi) is 6.67. The summed E-state index contributed by atoms with van der Waals surface area (Å²) in [5.74, 6) is -1.68. The minimum Gasteiger partial charge on any atom is -0.459 e. The molecule has 1 amide bonds. The Bertz CT molecular complexity index is 882. The monoisotopic (exact) mass is 366 g/mol. The summed E-state index contributed by atoms with van der Waals surface area (Å²) in [6.45, 7) is 3.03. The Labute approximate surface area is 156 Å². The molecular formula is C20H18N2O5. The maximum atomic E-state index is 11.9. The van der Waals surface area contributed by atoms with Gasteiger partial charge in [-0.05, 0) is 56.3 Å². The van der Waals surface area contributed by atoms with Crippen molar-refractivity contribution in [2.45, 2.75) is 20.0 Å². The van der Waals surface area contributed by atoms with Crippen molar-refractivity contribution in [2.24, 2.45) is 0 Å². The molecule has 0 saturated carbocycles. The van der Waals surface area contributed by atoms with E-state index >= 15 is 0 Å². The number of benzene rings is 2. The summed E-state index contributed by atoms with van der Waals surface area (Å²) in [5, 5.41) is 11.4. The van der Waals surface area contributed by atoms with Crippen molar-refractivity contribution in [1.29, 1.82) is 5.26 Å². The zero-order valence-electron chi connectivity index (χ0n) is 14.9. The number of hydrogen-bond donors (Lipinski definition) is 1. The van der Waals surface area contributed by atoms with Crippen LogP contribution in [0.1, 0.15) is 40.1 Å². The standard InChI is InChI=1S/C20H18N2O5/c1-13(2)27-20(25)15-6-8-17(9-7-15)22-18(23)12-26-19(24)16-5-3-4-14(10-16)11-21/h3-10,13H,12H2,1-2H3,(H,22,23). The highest BCUT2D eigenvalue weighted by atomic mass is 16.5. The van der Waals surface area contributed by atoms with Crippen LogP contribution in [-0.2, 0) is 14.3 Å². The molecule has 2 rings (SSSR count). The number of ether oxygens (including phenoxy) is 2. The van der Waals surface area contributed by atoms with Gasteiger partial charge in [0.2, 0.25) is 0 Å². The molecule has 0 atom stereocenters. The Morgan fingerprint density at radius 2 is 1.74 bits per heavy atom. The van der Waals surface area contributed by atoms with Crippen molar-refractivity contribution in [3.63, 3.8) is 0 Å². The van der Waals surface area contributed by atoms with E-state index in [1.807, 2.05) is 6.07 Å². The minimum atomic E-state index is -0.700. The van der Waals surface area contributed by atoms with E-state index in [0.29, 0.717) is 16.8 Å². The lowest BCUT2D eigenvalue weighted by molar-refractivity contribution is -0.119. The quantitative estimate of drug-likeness (QED) is 0.788. The highest BCUT2D eigenvalue weighted by Crippen LogP contribution is 2.12. The van der Waals surface area contributed by atoms with Crippen LogP contribution in [0.15, 0.2) is 48.5 Å². The molecule has 7 nitrogen and oxygen atoms in total. The van der Waals surface area contributed by atoms with Gasteiger partial charge in [0.25, 0.3) is 5.91 Å². The Morgan fingerprint density at radius 1 is 1.04 bits per heavy atom. The molecule has 0 aromatic heterocycles. The van der Waals surface area contributed by atoms with E-state index < -0.39 is 24.5 Å². The smallest absolute Gasteiger partial charge is 0.338 e. The van der Waals surface area contributed by atoms with Crippen molar-refractivity contribution in [1.82, 2.24) is 0 Å². The van der Waals surface area contributed by atoms with E-state index in [2.05, 4.69) is 5.32 Å². The van der Waals surface area contributed by atoms with Gasteiger partial charge >= 0.3 is 11.9 Å². The summed E-state index contributed by atoms with van der Waals surface area (Å²) in [6.07, 6.45) is -0.222. The number of anilines is 1. The third-order valence-electron chi connectivity index (χ3n) is 3.31. The summed E-state index contributed by atoms with van der Waals surface area (Å²) in [7, 11) is 0. The molecule has 0 fully saturated rings. The molecule has 0 bridgehead atoms. The molecule has 0 aliphatic heterocycles. The maximum absolute atomic E-state index is 11.9. The summed E-state index contributed by atoms with van der Waals surface area (Å²) in [5.41, 5.74) is 1.33. The van der Waals surface area contributed by atoms with Gasteiger partial charge in [-0.25, -0.2) is 9.59 Å². The van der Waals surface area contributed by atoms with Crippen molar-refractivity contribution >= 4 is 23.5 Å². The van der Waals surface area contributed by atoms with Crippen molar-refractivity contribution in [3.8, 4) is 6.07 Å². The second kappa shape index (κ2) is 9.15. The molecule has 0 heterocycles. The summed E-state index contributed by atoms with van der Waals surface area (Å²) < 4.78 is 10.0. The van der Waals surface area contributed by atoms with Crippen LogP contribution in [0.2, 0.25) is 0 Å². The van der Waals surface area contributed by atoms with Gasteiger partial charge in [0, 0.05) is 5.69 Å². The van der Waals surface area contributed by atoms with Crippen LogP contribution >= 0.6 is 0 Å². The molecule has 7 heteroatoms. The fourth-order valence-corrected chi connectivity index (χ4v) is 2.10. The summed E-state index contributed by atoms with van der Waals surface area (Å²) in [6, 6.07) is 14.1. The maximum Gasteiger partial charge on any atom is 0.338 e. The lowest BCUT2D eigenvalue weighted by Gasteiger charge is -2.09. The molecule has 0 radical (unpaired) electrons. The third kappa shape index (κ3) is 5.97. The van der Waals surface area contributed by atoms with Crippen LogP contribution in [0.25, 0.3) is 0 Å². The van der Waals surface area contributed by atoms with E-state index in [1.54, 1.807) is 38.1 Å². The number of nitrogens with zero attached hydrogens (tertiary/aromatic N) is 1. The van der Waals surface area contributed by atoms with E-state index in [-0.39, 0.29) is 11.7 Å². The fourth-order valence-electron chi connectivity index (χ4n) is 2.10. The van der Waals surface area contributed by atoms with E-state index in [0.717, 1.165) is 0 Å². The zero-order chi connectivity index (χ0) is 19.8. The topological polar surface area (TPSA) is 105 Å². The number of nitrogens with one attached hydrogen (secondary N) is 1. The van der Waals surface area contributed by atoms with Crippen molar-refractivity contribution in [3.05, 3.63) is 65.2 Å². The highest BCUT2D eigenvalue weighted by Gasteiger charge is 2.12. The molecule has 0 aliphatic carbocycles. The molecule has 0 saturated heterocycles. The average molecular weight is 366 g/mol. The Hall–Kier alpha value is -3.66. The molecule has 0 spiro atoms. The van der Waals surface area contributed by atoms with Crippen LogP contribution in [0.3, 0.4) is 0 Å². The van der Waals surface area contributed by atoms with Gasteiger partial charge in [-0.1, -0.05) is 6.07 Å². The van der Waals surface area contributed by atoms with E-state index in [4.69, 9.17) is 14.7 Å². The number of hydrogen-bond acceptors (Lipinski definition) is 6. The summed E-state index contributed by atoms with van der Waals surface area (Å²) >= 11 is 0. The SMILES string of the molecule is CC(C)OC(=O)c1ccc(NC(=O)COC(=O)c2cccc(C#N)c2)cc1. The number of carbonyl (C=O) groups excluding carboxylic acids is 3. The van der Waals surface area contributed by atoms with E-state index in [1.165, 1.54) is 24.3 Å². The minimum absolute atomic E-state index is 0.190. The number of rotatable bonds is 6. The lowest BCUT2D eigenvalue weighted by Crippen LogP contribution is -2.21. The molecular weight excluding hydrogens is 348 g/mol. The Morgan fingerprint density at radius 3 is 2.37 bits per heavy atom. The molecule has 1 N–H and O–H groups in total. The molecule has 27 heavy (non-hydrogen) atoms. The van der Waals surface area contributed by atoms with Crippen LogP contribution in [0, 0.1) is 11.3 Å². The first-order valence-corrected chi connectivity index (χ1v) is 8.17. The second-order valence-electron chi connectivity index (χ2n) is 5.85. The predicted molar refractivity (Wildman–Crippen MR) is 97.1 cm³/mol. The number of amides is 1. The largest absolute Gasteiger partial charge is 0.459 e. The van der Waals surface area contributed by atoms with Gasteiger partial charge in [-0.3, -0.25) is 4.79 Å². The van der Waals surface area contributed by atoms with Gasteiger partial charge in [-0.15, -0.1) is 0 Å². The fraction of sp³-hybridized carbons (Fsp3) is 0.200. The number of nitriles is 1. The van der Waals surface area contributed by atoms with Crippen LogP contribution in [0.4, 0.5) is 5.69 Å². The van der Waals surface area contributed by atoms with E-state index in [9.17, 15) is 14.4 Å². The first-order valence-electron chi connectivity index (χ1n) is 8.17. The van der Waals surface area contributed by atoms with Crippen molar-refractivity contribution in [2.75, 3.05) is 11.9 Å². The van der Waals surface area contributed by atoms with Gasteiger partial charge in [-0.2, -0.15) is 5.26 Å². The first-order chi connectivity index (χ1) is 12.9. The Balaban J connectivity index is 1.87. The van der Waals surface area contributed by atoms with Gasteiger partial charge in [0.1, 0.15) is 0 Å². The highest BCUT2D eigenvalue weighted by molar-refractivity contribution is 5.96. The number of carbonyl (C=O) groups is 3. The van der Waals surface area contributed by atoms with Gasteiger partial charge < -0.3 is 14.8 Å². The van der Waals surface area contributed by atoms with Gasteiger partial charge in [0.15, 0.2) is 6.61 Å². The second-order valence-corrected chi connectivity index (χ2v) is 5.85. The first kappa shape index (κ1) is 19.7. The zero-order valence-corrected chi connectivity index (χ0v) is 14.9.